The second-order valence-electron chi connectivity index (χ2n) is 7.21. The molecule has 0 atom stereocenters. The van der Waals surface area contributed by atoms with E-state index in [1.807, 2.05) is 0 Å². The largest absolute Gasteiger partial charge is 0.137 e. The van der Waals surface area contributed by atoms with Gasteiger partial charge in [0.15, 0.2) is 0 Å². The van der Waals surface area contributed by atoms with E-state index < -0.39 is 0 Å². The van der Waals surface area contributed by atoms with Crippen LogP contribution in [-0.2, 0) is 0 Å². The van der Waals surface area contributed by atoms with E-state index in [0.717, 1.165) is 23.2 Å². The minimum atomic E-state index is 0.420. The van der Waals surface area contributed by atoms with Crippen LogP contribution in [0.3, 0.4) is 0 Å². The van der Waals surface area contributed by atoms with Gasteiger partial charge in [0.25, 0.3) is 0 Å². The van der Waals surface area contributed by atoms with Crippen molar-refractivity contribution in [1.82, 2.24) is 0 Å². The summed E-state index contributed by atoms with van der Waals surface area (Å²) in [7, 11) is 0. The van der Waals surface area contributed by atoms with Gasteiger partial charge in [-0.3, -0.25) is 0 Å². The van der Waals surface area contributed by atoms with Crippen molar-refractivity contribution >= 4 is 35.3 Å². The first-order chi connectivity index (χ1) is 9.12. The maximum absolute atomic E-state index is 2.30. The van der Waals surface area contributed by atoms with Gasteiger partial charge in [-0.05, 0) is 93.3 Å². The molecule has 0 saturated heterocycles. The van der Waals surface area contributed by atoms with Crippen LogP contribution in [0.2, 0.25) is 0 Å². The predicted octanol–water partition coefficient (Wildman–Crippen LogP) is 5.73. The second-order valence-corrected chi connectivity index (χ2v) is 11.3. The zero-order valence-electron chi connectivity index (χ0n) is 12.6. The Morgan fingerprint density at radius 1 is 0.842 bits per heavy atom. The summed E-state index contributed by atoms with van der Waals surface area (Å²) in [4.78, 5) is 0. The maximum atomic E-state index is 2.30. The molecule has 0 spiro atoms. The van der Waals surface area contributed by atoms with E-state index in [1.165, 1.54) is 12.8 Å². The molecule has 0 N–H and O–H groups in total. The highest BCUT2D eigenvalue weighted by atomic mass is 32.3. The average molecular weight is 317 g/mol. The van der Waals surface area contributed by atoms with E-state index in [1.54, 1.807) is 38.5 Å². The molecule has 0 aromatic heterocycles. The first-order valence-corrected chi connectivity index (χ1v) is 11.5. The van der Waals surface area contributed by atoms with Gasteiger partial charge in [-0.25, -0.2) is 0 Å². The van der Waals surface area contributed by atoms with Gasteiger partial charge in [0, 0.05) is 0 Å². The molecular formula is C16H28S3. The average Bonchev–Trinajstić information content (AvgIpc) is 2.39. The Bertz CT molecular complexity index is 278. The van der Waals surface area contributed by atoms with Crippen molar-refractivity contribution in [2.45, 2.75) is 54.8 Å². The predicted molar refractivity (Wildman–Crippen MR) is 93.1 cm³/mol. The van der Waals surface area contributed by atoms with Crippen molar-refractivity contribution in [3.63, 3.8) is 0 Å². The Labute approximate surface area is 132 Å². The summed E-state index contributed by atoms with van der Waals surface area (Å²) in [5, 5.41) is 0. The molecule has 0 nitrogen and oxygen atoms in total. The van der Waals surface area contributed by atoms with Crippen LogP contribution >= 0.6 is 35.3 Å². The first kappa shape index (κ1) is 15.0. The van der Waals surface area contributed by atoms with Gasteiger partial charge >= 0.3 is 0 Å². The molecule has 0 heterocycles. The lowest BCUT2D eigenvalue weighted by Crippen LogP contribution is -2.46. The molecule has 4 bridgehead atoms. The van der Waals surface area contributed by atoms with E-state index in [4.69, 9.17) is 0 Å². The molecule has 4 aliphatic carbocycles. The molecule has 3 heteroatoms. The molecule has 0 aromatic rings. The monoisotopic (exact) mass is 316 g/mol. The summed E-state index contributed by atoms with van der Waals surface area (Å²) >= 11 is 6.22. The number of rotatable bonds is 6. The van der Waals surface area contributed by atoms with Crippen LogP contribution in [0.25, 0.3) is 0 Å². The normalized spacial score (nSPS) is 40.9. The number of hydrogen-bond acceptors (Lipinski definition) is 3. The molecule has 19 heavy (non-hydrogen) atoms. The Hall–Kier alpha value is 1.05. The molecule has 4 fully saturated rings. The van der Waals surface area contributed by atoms with Gasteiger partial charge in [0.05, 0.1) is 0 Å². The Kier molecular flexibility index (Phi) is 4.48. The van der Waals surface area contributed by atoms with E-state index in [-0.39, 0.29) is 0 Å². The molecule has 4 aliphatic rings. The molecule has 0 unspecified atom stereocenters. The molecule has 110 valence electrons. The van der Waals surface area contributed by atoms with Crippen molar-refractivity contribution in [3.8, 4) is 0 Å². The second kappa shape index (κ2) is 5.68. The van der Waals surface area contributed by atoms with Gasteiger partial charge in [-0.15, -0.1) is 35.3 Å². The maximum Gasteiger partial charge on any atom is 0.106 e. The smallest absolute Gasteiger partial charge is 0.106 e. The fourth-order valence-electron chi connectivity index (χ4n) is 5.57. The third-order valence-corrected chi connectivity index (χ3v) is 11.5. The summed E-state index contributed by atoms with van der Waals surface area (Å²) in [5.41, 5.74) is 0.765. The summed E-state index contributed by atoms with van der Waals surface area (Å²) in [6.07, 6.45) is 19.3. The molecule has 0 amide bonds. The van der Waals surface area contributed by atoms with Crippen LogP contribution in [0.5, 0.6) is 0 Å². The Morgan fingerprint density at radius 2 is 1.26 bits per heavy atom. The summed E-state index contributed by atoms with van der Waals surface area (Å²) in [6.45, 7) is 0. The quantitative estimate of drug-likeness (QED) is 0.575. The van der Waals surface area contributed by atoms with Crippen molar-refractivity contribution in [2.24, 2.45) is 23.2 Å². The molecule has 4 rings (SSSR count). The zero-order valence-corrected chi connectivity index (χ0v) is 15.1. The van der Waals surface area contributed by atoms with E-state index in [9.17, 15) is 0 Å². The van der Waals surface area contributed by atoms with E-state index >= 15 is 0 Å². The van der Waals surface area contributed by atoms with Gasteiger partial charge in [-0.2, -0.15) is 0 Å². The lowest BCUT2D eigenvalue weighted by molar-refractivity contribution is -0.0577. The molecule has 0 aliphatic heterocycles. The van der Waals surface area contributed by atoms with Crippen LogP contribution in [0.15, 0.2) is 0 Å². The summed E-state index contributed by atoms with van der Waals surface area (Å²) < 4.78 is 0.420. The van der Waals surface area contributed by atoms with Gasteiger partial charge in [0.2, 0.25) is 0 Å². The number of hydrogen-bond donors (Lipinski definition) is 0. The van der Waals surface area contributed by atoms with Crippen molar-refractivity contribution < 1.29 is 0 Å². The SMILES string of the molecule is CSC(CCC12CC3CC(CC(C3)C1)C2)(SC)SC. The van der Waals surface area contributed by atoms with Crippen molar-refractivity contribution in [2.75, 3.05) is 18.8 Å². The minimum absolute atomic E-state index is 0.420. The van der Waals surface area contributed by atoms with Crippen LogP contribution in [0, 0.1) is 23.2 Å². The number of thioether (sulfide) groups is 3. The standard InChI is InChI=1S/C16H28S3/c1-17-16(18-2,19-3)5-4-15-9-12-6-13(10-15)8-14(7-12)11-15/h12-14H,4-11H2,1-3H3. The third-order valence-electron chi connectivity index (χ3n) is 6.06. The summed E-state index contributed by atoms with van der Waals surface area (Å²) in [5.74, 6) is 3.33. The zero-order chi connectivity index (χ0) is 13.5. The fourth-order valence-corrected chi connectivity index (χ4v) is 8.49. The molecular weight excluding hydrogens is 288 g/mol. The Morgan fingerprint density at radius 3 is 1.63 bits per heavy atom. The van der Waals surface area contributed by atoms with Crippen LogP contribution in [0.4, 0.5) is 0 Å². The van der Waals surface area contributed by atoms with E-state index in [0.29, 0.717) is 3.41 Å². The molecule has 0 radical (unpaired) electrons. The van der Waals surface area contributed by atoms with Crippen molar-refractivity contribution in [3.05, 3.63) is 0 Å². The first-order valence-electron chi connectivity index (χ1n) is 7.78. The summed E-state index contributed by atoms with van der Waals surface area (Å²) in [6, 6.07) is 0. The van der Waals surface area contributed by atoms with Crippen molar-refractivity contribution in [1.29, 1.82) is 0 Å². The van der Waals surface area contributed by atoms with Crippen LogP contribution in [-0.4, -0.2) is 22.2 Å². The van der Waals surface area contributed by atoms with Gasteiger partial charge in [-0.1, -0.05) is 0 Å². The lowest BCUT2D eigenvalue weighted by Gasteiger charge is -2.57. The fraction of sp³-hybridized carbons (Fsp3) is 1.00. The van der Waals surface area contributed by atoms with Gasteiger partial charge in [0.1, 0.15) is 3.41 Å². The van der Waals surface area contributed by atoms with Crippen LogP contribution in [0.1, 0.15) is 51.4 Å². The highest BCUT2D eigenvalue weighted by Crippen LogP contribution is 2.63. The lowest BCUT2D eigenvalue weighted by atomic mass is 9.48. The minimum Gasteiger partial charge on any atom is -0.137 e. The third kappa shape index (κ3) is 2.85. The Balaban J connectivity index is 1.66. The molecule has 0 aromatic carbocycles. The van der Waals surface area contributed by atoms with Gasteiger partial charge < -0.3 is 0 Å². The highest BCUT2D eigenvalue weighted by molar-refractivity contribution is 8.33. The molecule has 4 saturated carbocycles. The topological polar surface area (TPSA) is 0 Å². The highest BCUT2D eigenvalue weighted by Gasteiger charge is 2.51. The van der Waals surface area contributed by atoms with Crippen LogP contribution < -0.4 is 0 Å². The van der Waals surface area contributed by atoms with E-state index in [2.05, 4.69) is 54.1 Å².